The molecule has 0 saturated heterocycles. The number of primary amides is 1. The van der Waals surface area contributed by atoms with E-state index in [1.54, 1.807) is 4.90 Å². The van der Waals surface area contributed by atoms with Crippen LogP contribution in [-0.4, -0.2) is 40.0 Å². The summed E-state index contributed by atoms with van der Waals surface area (Å²) >= 11 is 0. The Hall–Kier alpha value is -3.97. The van der Waals surface area contributed by atoms with E-state index in [1.165, 1.54) is 12.1 Å². The average molecular weight is 472 g/mol. The third-order valence-electron chi connectivity index (χ3n) is 6.76. The van der Waals surface area contributed by atoms with Crippen molar-refractivity contribution in [3.05, 3.63) is 83.2 Å². The van der Waals surface area contributed by atoms with Gasteiger partial charge >= 0.3 is 0 Å². The van der Waals surface area contributed by atoms with Crippen LogP contribution in [0.4, 0.5) is 4.39 Å². The molecule has 4 aromatic rings. The highest BCUT2D eigenvalue weighted by Crippen LogP contribution is 2.41. The molecular weight excluding hydrogens is 445 g/mol. The predicted octanol–water partition coefficient (Wildman–Crippen LogP) is 3.76. The van der Waals surface area contributed by atoms with E-state index < -0.39 is 11.7 Å². The first kappa shape index (κ1) is 22.8. The van der Waals surface area contributed by atoms with Crippen molar-refractivity contribution in [1.29, 1.82) is 0 Å². The number of carbonyl (C=O) groups is 2. The van der Waals surface area contributed by atoms with E-state index in [0.29, 0.717) is 48.0 Å². The molecule has 0 unspecified atom stereocenters. The molecule has 7 heteroatoms. The fourth-order valence-electron chi connectivity index (χ4n) is 5.20. The summed E-state index contributed by atoms with van der Waals surface area (Å²) in [7, 11) is 0. The summed E-state index contributed by atoms with van der Waals surface area (Å²) in [4.78, 5) is 29.0. The van der Waals surface area contributed by atoms with Crippen LogP contribution < -0.4 is 5.73 Å². The summed E-state index contributed by atoms with van der Waals surface area (Å²) in [5.74, 6) is -1.09. The lowest BCUT2D eigenvalue weighted by atomic mass is 9.87. The van der Waals surface area contributed by atoms with Crippen LogP contribution in [0.2, 0.25) is 0 Å². The summed E-state index contributed by atoms with van der Waals surface area (Å²) in [6.45, 7) is 4.58. The van der Waals surface area contributed by atoms with Gasteiger partial charge in [-0.25, -0.2) is 4.39 Å². The van der Waals surface area contributed by atoms with E-state index >= 15 is 4.39 Å². The Morgan fingerprint density at radius 3 is 2.80 bits per heavy atom. The number of halogens is 1. The van der Waals surface area contributed by atoms with Crippen molar-refractivity contribution < 1.29 is 19.1 Å². The maximum absolute atomic E-state index is 15.9. The van der Waals surface area contributed by atoms with Crippen molar-refractivity contribution in [2.24, 2.45) is 5.73 Å². The molecule has 0 atom stereocenters. The lowest BCUT2D eigenvalue weighted by Crippen LogP contribution is -2.34. The zero-order valence-electron chi connectivity index (χ0n) is 19.2. The SMILES string of the molecule is C=CC(=O)N1CCc2c(cccc2-c2c(F)cc(CC(N)=O)c3[nH]c4cc(CCO)ccc4c23)C1. The molecule has 0 bridgehead atoms. The molecular formula is C28H26FN3O3. The zero-order chi connectivity index (χ0) is 24.7. The van der Waals surface area contributed by atoms with Gasteiger partial charge in [0.05, 0.1) is 11.9 Å². The van der Waals surface area contributed by atoms with Crippen LogP contribution in [0.5, 0.6) is 0 Å². The molecule has 6 nitrogen and oxygen atoms in total. The highest BCUT2D eigenvalue weighted by Gasteiger charge is 2.25. The number of aromatic nitrogens is 1. The average Bonchev–Trinajstić information content (AvgIpc) is 3.22. The fourth-order valence-corrected chi connectivity index (χ4v) is 5.20. The topological polar surface area (TPSA) is 99.4 Å². The molecule has 0 radical (unpaired) electrons. The van der Waals surface area contributed by atoms with E-state index in [1.807, 2.05) is 36.4 Å². The lowest BCUT2D eigenvalue weighted by molar-refractivity contribution is -0.126. The van der Waals surface area contributed by atoms with Gasteiger partial charge in [0, 0.05) is 41.5 Å². The van der Waals surface area contributed by atoms with Crippen LogP contribution in [0.1, 0.15) is 22.3 Å². The Morgan fingerprint density at radius 2 is 2.06 bits per heavy atom. The Balaban J connectivity index is 1.77. The predicted molar refractivity (Wildman–Crippen MR) is 134 cm³/mol. The van der Waals surface area contributed by atoms with Gasteiger partial charge in [0.1, 0.15) is 5.82 Å². The van der Waals surface area contributed by atoms with Gasteiger partial charge < -0.3 is 20.7 Å². The fraction of sp³-hybridized carbons (Fsp3) is 0.214. The number of nitrogens with two attached hydrogens (primary N) is 1. The molecule has 2 amide bonds. The van der Waals surface area contributed by atoms with Crippen LogP contribution >= 0.6 is 0 Å². The Labute approximate surface area is 201 Å². The lowest BCUT2D eigenvalue weighted by Gasteiger charge is -2.29. The minimum Gasteiger partial charge on any atom is -0.396 e. The Kier molecular flexibility index (Phi) is 5.86. The second-order valence-corrected chi connectivity index (χ2v) is 8.92. The number of nitrogens with zero attached hydrogens (tertiary/aromatic N) is 1. The molecule has 0 fully saturated rings. The van der Waals surface area contributed by atoms with Gasteiger partial charge in [0.2, 0.25) is 11.8 Å². The van der Waals surface area contributed by atoms with Crippen molar-refractivity contribution in [3.8, 4) is 11.1 Å². The minimum atomic E-state index is -0.540. The Bertz CT molecular complexity index is 1500. The first-order chi connectivity index (χ1) is 16.9. The van der Waals surface area contributed by atoms with Crippen molar-refractivity contribution >= 4 is 33.6 Å². The molecule has 35 heavy (non-hydrogen) atoms. The number of aliphatic hydroxyl groups excluding tert-OH is 1. The molecule has 1 aromatic heterocycles. The van der Waals surface area contributed by atoms with Gasteiger partial charge in [-0.2, -0.15) is 0 Å². The van der Waals surface area contributed by atoms with Gasteiger partial charge in [-0.15, -0.1) is 0 Å². The number of nitrogens with one attached hydrogen (secondary N) is 1. The summed E-state index contributed by atoms with van der Waals surface area (Å²) < 4.78 is 15.9. The van der Waals surface area contributed by atoms with E-state index in [2.05, 4.69) is 11.6 Å². The van der Waals surface area contributed by atoms with E-state index in [4.69, 9.17) is 5.73 Å². The molecule has 3 aromatic carbocycles. The first-order valence-electron chi connectivity index (χ1n) is 11.6. The number of hydrogen-bond donors (Lipinski definition) is 3. The number of fused-ring (bicyclic) bond motifs is 4. The maximum atomic E-state index is 15.9. The molecule has 1 aliphatic heterocycles. The van der Waals surface area contributed by atoms with Gasteiger partial charge in [-0.1, -0.05) is 36.9 Å². The van der Waals surface area contributed by atoms with Gasteiger partial charge in [0.25, 0.3) is 0 Å². The Morgan fingerprint density at radius 1 is 1.23 bits per heavy atom. The third-order valence-corrected chi connectivity index (χ3v) is 6.76. The summed E-state index contributed by atoms with van der Waals surface area (Å²) in [6.07, 6.45) is 2.33. The van der Waals surface area contributed by atoms with Crippen molar-refractivity contribution in [1.82, 2.24) is 9.88 Å². The number of benzene rings is 3. The van der Waals surface area contributed by atoms with Crippen molar-refractivity contribution in [2.45, 2.75) is 25.8 Å². The van der Waals surface area contributed by atoms with Crippen LogP contribution in [0, 0.1) is 5.82 Å². The van der Waals surface area contributed by atoms with Crippen LogP contribution in [0.3, 0.4) is 0 Å². The standard InChI is InChI=1S/C28H26FN3O3/c1-2-25(35)32-10-8-19-17(15-32)4-3-5-20(19)26-22(29)13-18(14-24(30)34)28-27(26)21-7-6-16(9-11-33)12-23(21)31-28/h2-7,12-13,31,33H,1,8-11,14-15H2,(H2,30,34). The molecule has 0 aliphatic carbocycles. The number of rotatable bonds is 6. The second-order valence-electron chi connectivity index (χ2n) is 8.92. The largest absolute Gasteiger partial charge is 0.396 e. The van der Waals surface area contributed by atoms with E-state index in [-0.39, 0.29) is 18.9 Å². The second kappa shape index (κ2) is 9.00. The smallest absolute Gasteiger partial charge is 0.246 e. The van der Waals surface area contributed by atoms with Crippen LogP contribution in [-0.2, 0) is 35.4 Å². The molecule has 5 rings (SSSR count). The first-order valence-corrected chi connectivity index (χ1v) is 11.6. The zero-order valence-corrected chi connectivity index (χ0v) is 19.2. The maximum Gasteiger partial charge on any atom is 0.246 e. The normalized spacial score (nSPS) is 13.3. The highest BCUT2D eigenvalue weighted by atomic mass is 19.1. The summed E-state index contributed by atoms with van der Waals surface area (Å²) in [5, 5.41) is 10.9. The number of carbonyl (C=O) groups excluding carboxylic acids is 2. The number of amides is 2. The molecule has 1 aliphatic rings. The van der Waals surface area contributed by atoms with Gasteiger partial charge in [0.15, 0.2) is 0 Å². The monoisotopic (exact) mass is 471 g/mol. The van der Waals surface area contributed by atoms with Crippen LogP contribution in [0.15, 0.2) is 55.1 Å². The highest BCUT2D eigenvalue weighted by molar-refractivity contribution is 6.16. The quantitative estimate of drug-likeness (QED) is 0.374. The summed E-state index contributed by atoms with van der Waals surface area (Å²) in [6, 6.07) is 12.9. The van der Waals surface area contributed by atoms with Crippen LogP contribution in [0.25, 0.3) is 32.9 Å². The third kappa shape index (κ3) is 3.98. The van der Waals surface area contributed by atoms with Crippen molar-refractivity contribution in [2.75, 3.05) is 13.2 Å². The number of H-pyrrole nitrogens is 1. The van der Waals surface area contributed by atoms with Crippen molar-refractivity contribution in [3.63, 3.8) is 0 Å². The van der Waals surface area contributed by atoms with Gasteiger partial charge in [-0.3, -0.25) is 9.59 Å². The summed E-state index contributed by atoms with van der Waals surface area (Å²) in [5.41, 5.74) is 11.6. The van der Waals surface area contributed by atoms with Gasteiger partial charge in [-0.05, 0) is 58.9 Å². The molecule has 178 valence electrons. The minimum absolute atomic E-state index is 0.0278. The van der Waals surface area contributed by atoms with E-state index in [0.717, 1.165) is 33.2 Å². The van der Waals surface area contributed by atoms with E-state index in [9.17, 15) is 14.7 Å². The number of aromatic amines is 1. The number of hydrogen-bond acceptors (Lipinski definition) is 3. The molecule has 4 N–H and O–H groups in total. The molecule has 0 spiro atoms. The molecule has 0 saturated carbocycles. The number of aliphatic hydroxyl groups is 1. The molecule has 2 heterocycles.